The number of ether oxygens (including phenoxy) is 1. The molecule has 0 aliphatic carbocycles. The van der Waals surface area contributed by atoms with Crippen molar-refractivity contribution >= 4 is 40.8 Å². The van der Waals surface area contributed by atoms with Crippen LogP contribution in [0.2, 0.25) is 0 Å². The molecular weight excluding hydrogens is 295 g/mol. The molecule has 0 saturated carbocycles. The standard InChI is InChI=1S/C13H11Cl3O2/c1-8-10(9-5-3-2-4-6-9)7-11(13(14,15)16)18-12(8)17/h2-8,10H,1H3/t8-,10-/m0/s1. The Morgan fingerprint density at radius 3 is 2.33 bits per heavy atom. The van der Waals surface area contributed by atoms with Gasteiger partial charge in [-0.3, -0.25) is 4.79 Å². The SMILES string of the molecule is C[C@@H]1C(=O)OC(C(Cl)(Cl)Cl)=C[C@@H]1c1ccccc1. The first-order valence-electron chi connectivity index (χ1n) is 5.45. The second-order valence-electron chi connectivity index (χ2n) is 4.17. The number of rotatable bonds is 1. The summed E-state index contributed by atoms with van der Waals surface area (Å²) in [6.45, 7) is 1.80. The summed E-state index contributed by atoms with van der Waals surface area (Å²) in [5.74, 6) is -0.751. The number of carbonyl (C=O) groups excluding carboxylic acids is 1. The Labute approximate surface area is 120 Å². The molecule has 0 N–H and O–H groups in total. The molecule has 1 aliphatic heterocycles. The summed E-state index contributed by atoms with van der Waals surface area (Å²) in [6, 6.07) is 9.60. The van der Waals surface area contributed by atoms with Gasteiger partial charge in [-0.15, -0.1) is 0 Å². The summed E-state index contributed by atoms with van der Waals surface area (Å²) < 4.78 is 3.32. The summed E-state index contributed by atoms with van der Waals surface area (Å²) in [7, 11) is 0. The molecule has 2 atom stereocenters. The zero-order chi connectivity index (χ0) is 13.3. The molecule has 18 heavy (non-hydrogen) atoms. The van der Waals surface area contributed by atoms with Gasteiger partial charge >= 0.3 is 5.97 Å². The number of hydrogen-bond acceptors (Lipinski definition) is 2. The van der Waals surface area contributed by atoms with Gasteiger partial charge in [-0.25, -0.2) is 0 Å². The van der Waals surface area contributed by atoms with Crippen LogP contribution in [-0.4, -0.2) is 9.76 Å². The summed E-state index contributed by atoms with van der Waals surface area (Å²) in [5.41, 5.74) is 0.994. The molecule has 0 fully saturated rings. The topological polar surface area (TPSA) is 26.3 Å². The van der Waals surface area contributed by atoms with E-state index < -0.39 is 3.79 Å². The van der Waals surface area contributed by atoms with Crippen LogP contribution in [0.5, 0.6) is 0 Å². The molecule has 0 unspecified atom stereocenters. The second-order valence-corrected chi connectivity index (χ2v) is 6.46. The number of halogens is 3. The van der Waals surface area contributed by atoms with E-state index in [0.29, 0.717) is 0 Å². The lowest BCUT2D eigenvalue weighted by Crippen LogP contribution is -2.29. The number of allylic oxidation sites excluding steroid dienone is 2. The molecule has 96 valence electrons. The highest BCUT2D eigenvalue weighted by molar-refractivity contribution is 6.69. The van der Waals surface area contributed by atoms with Gasteiger partial charge in [0.1, 0.15) is 0 Å². The molecule has 0 radical (unpaired) electrons. The number of benzene rings is 1. The highest BCUT2D eigenvalue weighted by Gasteiger charge is 2.38. The number of esters is 1. The fraction of sp³-hybridized carbons (Fsp3) is 0.308. The first kappa shape index (κ1) is 13.7. The van der Waals surface area contributed by atoms with Gasteiger partial charge in [0.05, 0.1) is 5.92 Å². The Morgan fingerprint density at radius 1 is 1.17 bits per heavy atom. The van der Waals surface area contributed by atoms with E-state index in [1.165, 1.54) is 0 Å². The zero-order valence-electron chi connectivity index (χ0n) is 9.57. The Morgan fingerprint density at radius 2 is 1.78 bits per heavy atom. The van der Waals surface area contributed by atoms with Gasteiger partial charge in [0, 0.05) is 5.92 Å². The Balaban J connectivity index is 2.41. The lowest BCUT2D eigenvalue weighted by atomic mass is 9.85. The van der Waals surface area contributed by atoms with Crippen LogP contribution in [-0.2, 0) is 9.53 Å². The van der Waals surface area contributed by atoms with E-state index in [2.05, 4.69) is 0 Å². The lowest BCUT2D eigenvalue weighted by molar-refractivity contribution is -0.145. The van der Waals surface area contributed by atoms with E-state index in [1.54, 1.807) is 13.0 Å². The van der Waals surface area contributed by atoms with E-state index in [4.69, 9.17) is 39.5 Å². The van der Waals surface area contributed by atoms with Crippen molar-refractivity contribution in [2.24, 2.45) is 5.92 Å². The Kier molecular flexibility index (Phi) is 3.90. The van der Waals surface area contributed by atoms with Crippen LogP contribution in [0.1, 0.15) is 18.4 Å². The summed E-state index contributed by atoms with van der Waals surface area (Å²) in [4.78, 5) is 11.8. The van der Waals surface area contributed by atoms with Crippen molar-refractivity contribution in [1.29, 1.82) is 0 Å². The minimum absolute atomic E-state index is 0.0736. The number of alkyl halides is 3. The fourth-order valence-electron chi connectivity index (χ4n) is 1.90. The second kappa shape index (κ2) is 5.12. The van der Waals surface area contributed by atoms with Crippen LogP contribution >= 0.6 is 34.8 Å². The van der Waals surface area contributed by atoms with Crippen molar-refractivity contribution in [2.45, 2.75) is 16.6 Å². The molecule has 1 aromatic carbocycles. The van der Waals surface area contributed by atoms with E-state index in [1.807, 2.05) is 30.3 Å². The van der Waals surface area contributed by atoms with Gasteiger partial charge in [0.25, 0.3) is 0 Å². The molecule has 0 bridgehead atoms. The summed E-state index contributed by atoms with van der Waals surface area (Å²) >= 11 is 17.3. The van der Waals surface area contributed by atoms with Gasteiger partial charge in [-0.05, 0) is 11.6 Å². The van der Waals surface area contributed by atoms with Crippen molar-refractivity contribution < 1.29 is 9.53 Å². The number of hydrogen-bond donors (Lipinski definition) is 0. The van der Waals surface area contributed by atoms with Crippen LogP contribution in [0, 0.1) is 5.92 Å². The zero-order valence-corrected chi connectivity index (χ0v) is 11.8. The lowest BCUT2D eigenvalue weighted by Gasteiger charge is -2.29. The van der Waals surface area contributed by atoms with Gasteiger partial charge in [0.15, 0.2) is 5.76 Å². The van der Waals surface area contributed by atoms with Crippen LogP contribution < -0.4 is 0 Å². The van der Waals surface area contributed by atoms with E-state index in [9.17, 15) is 4.79 Å². The molecule has 5 heteroatoms. The average molecular weight is 306 g/mol. The highest BCUT2D eigenvalue weighted by Crippen LogP contribution is 2.42. The summed E-state index contributed by atoms with van der Waals surface area (Å²) in [5, 5.41) is 0. The maximum atomic E-state index is 11.8. The molecule has 1 aromatic rings. The van der Waals surface area contributed by atoms with E-state index in [-0.39, 0.29) is 23.6 Å². The fourth-order valence-corrected chi connectivity index (χ4v) is 2.21. The molecular formula is C13H11Cl3O2. The van der Waals surface area contributed by atoms with Gasteiger partial charge < -0.3 is 4.74 Å². The maximum Gasteiger partial charge on any atom is 0.314 e. The molecule has 1 aliphatic rings. The van der Waals surface area contributed by atoms with E-state index >= 15 is 0 Å². The molecule has 0 amide bonds. The molecule has 2 rings (SSSR count). The average Bonchev–Trinajstić information content (AvgIpc) is 2.32. The predicted molar refractivity (Wildman–Crippen MR) is 72.8 cm³/mol. The third-order valence-electron chi connectivity index (χ3n) is 2.92. The van der Waals surface area contributed by atoms with E-state index in [0.717, 1.165) is 5.56 Å². The third kappa shape index (κ3) is 2.82. The van der Waals surface area contributed by atoms with Crippen LogP contribution in [0.25, 0.3) is 0 Å². The van der Waals surface area contributed by atoms with Crippen molar-refractivity contribution in [2.75, 3.05) is 0 Å². The maximum absolute atomic E-state index is 11.8. The monoisotopic (exact) mass is 304 g/mol. The Bertz CT molecular complexity index is 477. The van der Waals surface area contributed by atoms with Crippen molar-refractivity contribution in [3.63, 3.8) is 0 Å². The van der Waals surface area contributed by atoms with Gasteiger partial charge in [-0.2, -0.15) is 0 Å². The highest BCUT2D eigenvalue weighted by atomic mass is 35.6. The first-order chi connectivity index (χ1) is 8.39. The molecule has 0 saturated heterocycles. The molecule has 0 aromatic heterocycles. The van der Waals surface area contributed by atoms with Crippen molar-refractivity contribution in [1.82, 2.24) is 0 Å². The minimum atomic E-state index is -1.72. The van der Waals surface area contributed by atoms with Crippen LogP contribution in [0.3, 0.4) is 0 Å². The summed E-state index contributed by atoms with van der Waals surface area (Å²) in [6.07, 6.45) is 1.70. The van der Waals surface area contributed by atoms with Crippen molar-refractivity contribution in [3.8, 4) is 0 Å². The Hall–Kier alpha value is -0.700. The normalized spacial score (nSPS) is 24.4. The van der Waals surface area contributed by atoms with Crippen LogP contribution in [0.4, 0.5) is 0 Å². The molecule has 1 heterocycles. The smallest absolute Gasteiger partial charge is 0.314 e. The minimum Gasteiger partial charge on any atom is -0.426 e. The van der Waals surface area contributed by atoms with Gasteiger partial charge in [0.2, 0.25) is 3.79 Å². The van der Waals surface area contributed by atoms with Crippen molar-refractivity contribution in [3.05, 3.63) is 47.7 Å². The molecule has 0 spiro atoms. The quantitative estimate of drug-likeness (QED) is 0.573. The largest absolute Gasteiger partial charge is 0.426 e. The predicted octanol–water partition coefficient (Wildman–Crippen LogP) is 4.22. The molecule has 2 nitrogen and oxygen atoms in total. The third-order valence-corrected chi connectivity index (χ3v) is 3.47. The van der Waals surface area contributed by atoms with Crippen LogP contribution in [0.15, 0.2) is 42.2 Å². The van der Waals surface area contributed by atoms with Gasteiger partial charge in [-0.1, -0.05) is 72.1 Å². The number of carbonyl (C=O) groups is 1. The number of cyclic esters (lactones) is 1. The first-order valence-corrected chi connectivity index (χ1v) is 6.58.